The van der Waals surface area contributed by atoms with E-state index >= 15 is 0 Å². The van der Waals surface area contributed by atoms with E-state index in [0.29, 0.717) is 24.9 Å². The molecule has 1 heterocycles. The third-order valence-corrected chi connectivity index (χ3v) is 3.36. The Morgan fingerprint density at radius 1 is 1.40 bits per heavy atom. The summed E-state index contributed by atoms with van der Waals surface area (Å²) in [6.07, 6.45) is 1.60. The summed E-state index contributed by atoms with van der Waals surface area (Å²) in [4.78, 5) is 25.2. The molecule has 1 aromatic carbocycles. The minimum absolute atomic E-state index is 0.138. The van der Waals surface area contributed by atoms with E-state index in [2.05, 4.69) is 5.32 Å². The fourth-order valence-corrected chi connectivity index (χ4v) is 2.21. The number of carbonyl (C=O) groups excluding carboxylic acids is 2. The molecule has 2 rings (SSSR count). The highest BCUT2D eigenvalue weighted by Gasteiger charge is 2.21. The third-order valence-electron chi connectivity index (χ3n) is 3.36. The van der Waals surface area contributed by atoms with Gasteiger partial charge in [0.1, 0.15) is 0 Å². The molecule has 0 bridgehead atoms. The molecule has 0 saturated carbocycles. The second-order valence-corrected chi connectivity index (χ2v) is 5.09. The van der Waals surface area contributed by atoms with E-state index in [1.54, 1.807) is 36.1 Å². The van der Waals surface area contributed by atoms with Crippen molar-refractivity contribution < 1.29 is 14.7 Å². The van der Waals surface area contributed by atoms with Crippen LogP contribution in [0.3, 0.4) is 0 Å². The largest absolute Gasteiger partial charge is 0.393 e. The monoisotopic (exact) mass is 276 g/mol. The summed E-state index contributed by atoms with van der Waals surface area (Å²) in [6, 6.07) is 7.04. The van der Waals surface area contributed by atoms with Gasteiger partial charge in [-0.3, -0.25) is 9.59 Å². The van der Waals surface area contributed by atoms with Gasteiger partial charge in [0.15, 0.2) is 0 Å². The zero-order valence-electron chi connectivity index (χ0n) is 11.6. The van der Waals surface area contributed by atoms with E-state index in [1.165, 1.54) is 0 Å². The SMILES string of the molecule is CC(O)CCNC(=O)c1ccc(N2CCCC2=O)cc1. The average molecular weight is 276 g/mol. The van der Waals surface area contributed by atoms with Crippen LogP contribution >= 0.6 is 0 Å². The summed E-state index contributed by atoms with van der Waals surface area (Å²) >= 11 is 0. The zero-order chi connectivity index (χ0) is 14.5. The first-order valence-corrected chi connectivity index (χ1v) is 6.94. The maximum atomic E-state index is 11.8. The van der Waals surface area contributed by atoms with Crippen LogP contribution < -0.4 is 10.2 Å². The van der Waals surface area contributed by atoms with E-state index in [4.69, 9.17) is 5.11 Å². The molecule has 5 heteroatoms. The van der Waals surface area contributed by atoms with E-state index < -0.39 is 6.10 Å². The lowest BCUT2D eigenvalue weighted by atomic mass is 10.2. The van der Waals surface area contributed by atoms with E-state index in [0.717, 1.165) is 18.7 Å². The molecule has 1 fully saturated rings. The molecule has 108 valence electrons. The Morgan fingerprint density at radius 2 is 2.10 bits per heavy atom. The first kappa shape index (κ1) is 14.5. The second-order valence-electron chi connectivity index (χ2n) is 5.09. The summed E-state index contributed by atoms with van der Waals surface area (Å²) in [7, 11) is 0. The average Bonchev–Trinajstić information content (AvgIpc) is 2.84. The van der Waals surface area contributed by atoms with Gasteiger partial charge in [0.2, 0.25) is 5.91 Å². The predicted molar refractivity (Wildman–Crippen MR) is 76.7 cm³/mol. The van der Waals surface area contributed by atoms with Crippen LogP contribution in [0.5, 0.6) is 0 Å². The molecule has 0 radical (unpaired) electrons. The predicted octanol–water partition coefficient (Wildman–Crippen LogP) is 1.31. The van der Waals surface area contributed by atoms with Crippen molar-refractivity contribution >= 4 is 17.5 Å². The number of nitrogens with one attached hydrogen (secondary N) is 1. The number of amides is 2. The number of benzene rings is 1. The zero-order valence-corrected chi connectivity index (χ0v) is 11.6. The number of carbonyl (C=O) groups is 2. The van der Waals surface area contributed by atoms with Gasteiger partial charge in [0.05, 0.1) is 6.10 Å². The minimum atomic E-state index is -0.418. The first-order valence-electron chi connectivity index (χ1n) is 6.94. The topological polar surface area (TPSA) is 69.6 Å². The molecule has 2 N–H and O–H groups in total. The molecular weight excluding hydrogens is 256 g/mol. The fraction of sp³-hybridized carbons (Fsp3) is 0.467. The molecule has 1 atom stereocenters. The van der Waals surface area contributed by atoms with Gasteiger partial charge in [-0.2, -0.15) is 0 Å². The van der Waals surface area contributed by atoms with Crippen molar-refractivity contribution in [2.75, 3.05) is 18.0 Å². The molecule has 1 saturated heterocycles. The summed E-state index contributed by atoms with van der Waals surface area (Å²) in [5.41, 5.74) is 1.40. The highest BCUT2D eigenvalue weighted by molar-refractivity contribution is 5.97. The van der Waals surface area contributed by atoms with Gasteiger partial charge in [0.25, 0.3) is 5.91 Å². The van der Waals surface area contributed by atoms with Gasteiger partial charge in [-0.05, 0) is 44.0 Å². The van der Waals surface area contributed by atoms with Crippen LogP contribution in [0.1, 0.15) is 36.5 Å². The van der Waals surface area contributed by atoms with Crippen molar-refractivity contribution in [2.45, 2.75) is 32.3 Å². The Balaban J connectivity index is 1.94. The van der Waals surface area contributed by atoms with Crippen molar-refractivity contribution in [3.8, 4) is 0 Å². The van der Waals surface area contributed by atoms with Crippen molar-refractivity contribution in [1.82, 2.24) is 5.32 Å². The van der Waals surface area contributed by atoms with Gasteiger partial charge in [-0.15, -0.1) is 0 Å². The van der Waals surface area contributed by atoms with Crippen molar-refractivity contribution in [2.24, 2.45) is 0 Å². The number of aliphatic hydroxyl groups excluding tert-OH is 1. The maximum Gasteiger partial charge on any atom is 0.251 e. The molecule has 5 nitrogen and oxygen atoms in total. The van der Waals surface area contributed by atoms with Gasteiger partial charge < -0.3 is 15.3 Å². The van der Waals surface area contributed by atoms with Crippen LogP contribution in [0, 0.1) is 0 Å². The molecule has 0 aliphatic carbocycles. The van der Waals surface area contributed by atoms with Gasteiger partial charge in [-0.1, -0.05) is 0 Å². The number of aliphatic hydroxyl groups is 1. The number of hydrogen-bond donors (Lipinski definition) is 2. The minimum Gasteiger partial charge on any atom is -0.393 e. The molecule has 0 aromatic heterocycles. The normalized spacial score (nSPS) is 16.3. The Bertz CT molecular complexity index is 482. The summed E-state index contributed by atoms with van der Waals surface area (Å²) < 4.78 is 0. The molecule has 1 aromatic rings. The molecule has 1 unspecified atom stereocenters. The van der Waals surface area contributed by atoms with Crippen LogP contribution in [0.25, 0.3) is 0 Å². The number of anilines is 1. The first-order chi connectivity index (χ1) is 9.58. The molecule has 0 spiro atoms. The Hall–Kier alpha value is -1.88. The summed E-state index contributed by atoms with van der Waals surface area (Å²) in [6.45, 7) is 2.88. The van der Waals surface area contributed by atoms with Crippen molar-refractivity contribution in [1.29, 1.82) is 0 Å². The van der Waals surface area contributed by atoms with Gasteiger partial charge in [0, 0.05) is 30.8 Å². The van der Waals surface area contributed by atoms with Crippen LogP contribution in [0.4, 0.5) is 5.69 Å². The van der Waals surface area contributed by atoms with Crippen LogP contribution in [0.15, 0.2) is 24.3 Å². The van der Waals surface area contributed by atoms with E-state index in [1.807, 2.05) is 0 Å². The molecule has 20 heavy (non-hydrogen) atoms. The molecular formula is C15H20N2O3. The summed E-state index contributed by atoms with van der Waals surface area (Å²) in [5.74, 6) is -0.0240. The van der Waals surface area contributed by atoms with Gasteiger partial charge >= 0.3 is 0 Å². The van der Waals surface area contributed by atoms with Gasteiger partial charge in [-0.25, -0.2) is 0 Å². The molecule has 1 aliphatic heterocycles. The number of rotatable bonds is 5. The van der Waals surface area contributed by atoms with E-state index in [-0.39, 0.29) is 11.8 Å². The lowest BCUT2D eigenvalue weighted by molar-refractivity contribution is -0.117. The number of nitrogens with zero attached hydrogens (tertiary/aromatic N) is 1. The molecule has 2 amide bonds. The lowest BCUT2D eigenvalue weighted by Crippen LogP contribution is -2.27. The summed E-state index contributed by atoms with van der Waals surface area (Å²) in [5, 5.41) is 11.9. The smallest absolute Gasteiger partial charge is 0.251 e. The second kappa shape index (κ2) is 6.52. The number of hydrogen-bond acceptors (Lipinski definition) is 3. The van der Waals surface area contributed by atoms with Crippen LogP contribution in [0.2, 0.25) is 0 Å². The highest BCUT2D eigenvalue weighted by atomic mass is 16.3. The maximum absolute atomic E-state index is 11.8. The van der Waals surface area contributed by atoms with Crippen molar-refractivity contribution in [3.63, 3.8) is 0 Å². The quantitative estimate of drug-likeness (QED) is 0.852. The fourth-order valence-electron chi connectivity index (χ4n) is 2.21. The lowest BCUT2D eigenvalue weighted by Gasteiger charge is -2.15. The Labute approximate surface area is 118 Å². The third kappa shape index (κ3) is 3.57. The standard InChI is InChI=1S/C15H20N2O3/c1-11(18)8-9-16-15(20)12-4-6-13(7-5-12)17-10-2-3-14(17)19/h4-7,11,18H,2-3,8-10H2,1H3,(H,16,20). The van der Waals surface area contributed by atoms with E-state index in [9.17, 15) is 9.59 Å². The van der Waals surface area contributed by atoms with Crippen molar-refractivity contribution in [3.05, 3.63) is 29.8 Å². The Morgan fingerprint density at radius 3 is 2.65 bits per heavy atom. The Kier molecular flexibility index (Phi) is 4.74. The van der Waals surface area contributed by atoms with Crippen LogP contribution in [-0.4, -0.2) is 36.1 Å². The van der Waals surface area contributed by atoms with Crippen LogP contribution in [-0.2, 0) is 4.79 Å². The highest BCUT2D eigenvalue weighted by Crippen LogP contribution is 2.21. The molecule has 1 aliphatic rings.